The summed E-state index contributed by atoms with van der Waals surface area (Å²) in [7, 11) is -3.37. The number of nitrogens with two attached hydrogens (primary N) is 1. The van der Waals surface area contributed by atoms with Gasteiger partial charge in [0.2, 0.25) is 10.0 Å². The third-order valence-corrected chi connectivity index (χ3v) is 5.25. The van der Waals surface area contributed by atoms with Crippen LogP contribution < -0.4 is 5.73 Å². The normalized spacial score (nSPS) is 21.6. The molecule has 0 bridgehead atoms. The molecular formula is C11H20N4O2S. The fourth-order valence-electron chi connectivity index (χ4n) is 2.23. The van der Waals surface area contributed by atoms with Gasteiger partial charge in [-0.05, 0) is 12.3 Å². The van der Waals surface area contributed by atoms with Crippen molar-refractivity contribution in [1.82, 2.24) is 14.1 Å². The first-order chi connectivity index (χ1) is 8.57. The minimum Gasteiger partial charge on any atom is -0.329 e. The lowest BCUT2D eigenvalue weighted by Crippen LogP contribution is -2.28. The molecule has 2 rings (SSSR count). The van der Waals surface area contributed by atoms with Gasteiger partial charge in [-0.1, -0.05) is 13.3 Å². The highest BCUT2D eigenvalue weighted by molar-refractivity contribution is 7.89. The molecule has 18 heavy (non-hydrogen) atoms. The highest BCUT2D eigenvalue weighted by Crippen LogP contribution is 2.25. The maximum absolute atomic E-state index is 12.4. The molecule has 1 aliphatic rings. The van der Waals surface area contributed by atoms with Gasteiger partial charge in [-0.25, -0.2) is 8.42 Å². The lowest BCUT2D eigenvalue weighted by atomic mass is 10.1. The van der Waals surface area contributed by atoms with Gasteiger partial charge in [0.1, 0.15) is 4.90 Å². The van der Waals surface area contributed by atoms with Crippen LogP contribution in [0, 0.1) is 5.92 Å². The van der Waals surface area contributed by atoms with Gasteiger partial charge < -0.3 is 5.73 Å². The van der Waals surface area contributed by atoms with E-state index in [1.807, 2.05) is 0 Å². The summed E-state index contributed by atoms with van der Waals surface area (Å²) < 4.78 is 27.8. The Hall–Kier alpha value is -0.920. The van der Waals surface area contributed by atoms with Crippen molar-refractivity contribution in [1.29, 1.82) is 0 Å². The molecule has 0 aliphatic carbocycles. The van der Waals surface area contributed by atoms with E-state index >= 15 is 0 Å². The van der Waals surface area contributed by atoms with E-state index in [4.69, 9.17) is 5.73 Å². The third-order valence-electron chi connectivity index (χ3n) is 3.43. The van der Waals surface area contributed by atoms with Crippen LogP contribution in [0.4, 0.5) is 0 Å². The van der Waals surface area contributed by atoms with Crippen molar-refractivity contribution >= 4 is 10.0 Å². The molecule has 7 heteroatoms. The first-order valence-electron chi connectivity index (χ1n) is 6.30. The number of sulfonamides is 1. The van der Waals surface area contributed by atoms with E-state index in [1.54, 1.807) is 15.2 Å². The Morgan fingerprint density at radius 3 is 2.94 bits per heavy atom. The molecule has 1 unspecified atom stereocenters. The molecule has 1 saturated heterocycles. The second kappa shape index (κ2) is 5.38. The van der Waals surface area contributed by atoms with Crippen LogP contribution in [0.15, 0.2) is 17.3 Å². The minimum atomic E-state index is -3.37. The standard InChI is InChI=1S/C11H20N4O2S/c1-2-10-3-5-15(8-10)18(16,17)11-7-13-14(9-11)6-4-12/h7,9-10H,2-6,8,12H2,1H3. The third kappa shape index (κ3) is 2.57. The molecule has 0 spiro atoms. The second-order valence-electron chi connectivity index (χ2n) is 4.65. The summed E-state index contributed by atoms with van der Waals surface area (Å²) in [4.78, 5) is 0.271. The van der Waals surface area contributed by atoms with E-state index in [-0.39, 0.29) is 4.90 Å². The quantitative estimate of drug-likeness (QED) is 0.834. The summed E-state index contributed by atoms with van der Waals surface area (Å²) in [6, 6.07) is 0. The van der Waals surface area contributed by atoms with Gasteiger partial charge in [-0.3, -0.25) is 4.68 Å². The highest BCUT2D eigenvalue weighted by atomic mass is 32.2. The zero-order chi connectivity index (χ0) is 13.2. The lowest BCUT2D eigenvalue weighted by Gasteiger charge is -2.14. The monoisotopic (exact) mass is 272 g/mol. The number of nitrogens with zero attached hydrogens (tertiary/aromatic N) is 3. The Balaban J connectivity index is 2.15. The first kappa shape index (κ1) is 13.5. The van der Waals surface area contributed by atoms with Crippen LogP contribution >= 0.6 is 0 Å². The maximum Gasteiger partial charge on any atom is 0.246 e. The van der Waals surface area contributed by atoms with Crippen molar-refractivity contribution in [2.24, 2.45) is 11.7 Å². The van der Waals surface area contributed by atoms with Crippen LogP contribution in [0.5, 0.6) is 0 Å². The van der Waals surface area contributed by atoms with E-state index in [1.165, 1.54) is 6.20 Å². The molecule has 1 aromatic rings. The van der Waals surface area contributed by atoms with Gasteiger partial charge in [0, 0.05) is 25.8 Å². The predicted octanol–water partition coefficient (Wildman–Crippen LogP) is 0.262. The van der Waals surface area contributed by atoms with Crippen molar-refractivity contribution in [2.45, 2.75) is 31.2 Å². The summed E-state index contributed by atoms with van der Waals surface area (Å²) in [5.41, 5.74) is 5.42. The molecule has 1 aromatic heterocycles. The fraction of sp³-hybridized carbons (Fsp3) is 0.727. The summed E-state index contributed by atoms with van der Waals surface area (Å²) in [5, 5.41) is 4.01. The summed E-state index contributed by atoms with van der Waals surface area (Å²) >= 11 is 0. The van der Waals surface area contributed by atoms with Gasteiger partial charge in [0.15, 0.2) is 0 Å². The van der Waals surface area contributed by atoms with Gasteiger partial charge in [-0.2, -0.15) is 9.40 Å². The van der Waals surface area contributed by atoms with Crippen molar-refractivity contribution in [2.75, 3.05) is 19.6 Å². The molecule has 1 aliphatic heterocycles. The topological polar surface area (TPSA) is 81.2 Å². The van der Waals surface area contributed by atoms with Crippen LogP contribution in [-0.4, -0.2) is 42.1 Å². The van der Waals surface area contributed by atoms with Crippen LogP contribution in [0.2, 0.25) is 0 Å². The van der Waals surface area contributed by atoms with E-state index in [0.717, 1.165) is 12.8 Å². The Morgan fingerprint density at radius 1 is 1.56 bits per heavy atom. The predicted molar refractivity (Wildman–Crippen MR) is 68.4 cm³/mol. The van der Waals surface area contributed by atoms with Crippen molar-refractivity contribution in [3.8, 4) is 0 Å². The molecule has 2 heterocycles. The lowest BCUT2D eigenvalue weighted by molar-refractivity contribution is 0.453. The summed E-state index contributed by atoms with van der Waals surface area (Å²) in [6.45, 7) is 4.32. The van der Waals surface area contributed by atoms with Crippen LogP contribution in [0.1, 0.15) is 19.8 Å². The Morgan fingerprint density at radius 2 is 2.33 bits per heavy atom. The van der Waals surface area contributed by atoms with Crippen molar-refractivity contribution in [3.05, 3.63) is 12.4 Å². The zero-order valence-corrected chi connectivity index (χ0v) is 11.4. The maximum atomic E-state index is 12.4. The minimum absolute atomic E-state index is 0.271. The number of aromatic nitrogens is 2. The second-order valence-corrected chi connectivity index (χ2v) is 6.59. The molecule has 6 nitrogen and oxygen atoms in total. The summed E-state index contributed by atoms with van der Waals surface area (Å²) in [5.74, 6) is 0.485. The molecule has 0 amide bonds. The van der Waals surface area contributed by atoms with E-state index in [0.29, 0.717) is 32.1 Å². The van der Waals surface area contributed by atoms with Gasteiger partial charge >= 0.3 is 0 Å². The van der Waals surface area contributed by atoms with Crippen LogP contribution in [0.25, 0.3) is 0 Å². The molecule has 0 radical (unpaired) electrons. The van der Waals surface area contributed by atoms with E-state index in [2.05, 4.69) is 12.0 Å². The largest absolute Gasteiger partial charge is 0.329 e. The van der Waals surface area contributed by atoms with Gasteiger partial charge in [0.25, 0.3) is 0 Å². The average molecular weight is 272 g/mol. The average Bonchev–Trinajstić information content (AvgIpc) is 2.98. The number of hydrogen-bond donors (Lipinski definition) is 1. The Bertz CT molecular complexity index is 497. The first-order valence-corrected chi connectivity index (χ1v) is 7.74. The molecule has 2 N–H and O–H groups in total. The zero-order valence-electron chi connectivity index (χ0n) is 10.6. The molecule has 0 aromatic carbocycles. The van der Waals surface area contributed by atoms with Gasteiger partial charge in [0.05, 0.1) is 12.7 Å². The van der Waals surface area contributed by atoms with E-state index in [9.17, 15) is 8.42 Å². The van der Waals surface area contributed by atoms with Crippen molar-refractivity contribution < 1.29 is 8.42 Å². The van der Waals surface area contributed by atoms with Crippen LogP contribution in [-0.2, 0) is 16.6 Å². The summed E-state index contributed by atoms with van der Waals surface area (Å²) in [6.07, 6.45) is 4.94. The van der Waals surface area contributed by atoms with Crippen LogP contribution in [0.3, 0.4) is 0 Å². The Kier molecular flexibility index (Phi) is 4.04. The SMILES string of the molecule is CCC1CCN(S(=O)(=O)c2cnn(CCN)c2)C1. The molecule has 1 fully saturated rings. The van der Waals surface area contributed by atoms with Gasteiger partial charge in [-0.15, -0.1) is 0 Å². The highest BCUT2D eigenvalue weighted by Gasteiger charge is 2.32. The van der Waals surface area contributed by atoms with E-state index < -0.39 is 10.0 Å². The van der Waals surface area contributed by atoms with Crippen molar-refractivity contribution in [3.63, 3.8) is 0 Å². The number of hydrogen-bond acceptors (Lipinski definition) is 4. The molecule has 0 saturated carbocycles. The molecule has 102 valence electrons. The molecular weight excluding hydrogens is 252 g/mol. The molecule has 1 atom stereocenters. The fourth-order valence-corrected chi connectivity index (χ4v) is 3.72. The Labute approximate surface area is 108 Å². The number of rotatable bonds is 5. The smallest absolute Gasteiger partial charge is 0.246 e.